The second-order valence-corrected chi connectivity index (χ2v) is 6.44. The number of unbranched alkanes of at least 4 members (excludes halogenated alkanes) is 1. The van der Waals surface area contributed by atoms with Crippen LogP contribution in [0, 0.1) is 0 Å². The number of amides is 1. The average Bonchev–Trinajstić information content (AvgIpc) is 2.33. The molecule has 1 amide bonds. The van der Waals surface area contributed by atoms with Gasteiger partial charge >= 0.3 is 6.09 Å². The maximum atomic E-state index is 11.7. The van der Waals surface area contributed by atoms with Crippen molar-refractivity contribution in [2.75, 3.05) is 34.2 Å². The van der Waals surface area contributed by atoms with Crippen LogP contribution in [0.25, 0.3) is 0 Å². The van der Waals surface area contributed by atoms with Crippen molar-refractivity contribution >= 4 is 29.8 Å². The fourth-order valence-corrected chi connectivity index (χ4v) is 1.46. The van der Waals surface area contributed by atoms with Gasteiger partial charge in [-0.3, -0.25) is 0 Å². The highest BCUT2D eigenvalue weighted by molar-refractivity contribution is 7.80. The van der Waals surface area contributed by atoms with Crippen LogP contribution >= 0.6 is 12.2 Å². The van der Waals surface area contributed by atoms with E-state index in [0.717, 1.165) is 19.4 Å². The van der Waals surface area contributed by atoms with E-state index in [2.05, 4.69) is 10.3 Å². The molecule has 0 unspecified atom stereocenters. The Morgan fingerprint density at radius 3 is 2.43 bits per heavy atom. The zero-order valence-corrected chi connectivity index (χ0v) is 14.8. The lowest BCUT2D eigenvalue weighted by atomic mass is 10.2. The Bertz CT molecular complexity index is 364. The normalized spacial score (nSPS) is 11.3. The Morgan fingerprint density at radius 2 is 1.90 bits per heavy atom. The molecule has 6 nitrogen and oxygen atoms in total. The van der Waals surface area contributed by atoms with Crippen molar-refractivity contribution in [2.45, 2.75) is 39.2 Å². The van der Waals surface area contributed by atoms with Gasteiger partial charge < -0.3 is 19.9 Å². The first-order chi connectivity index (χ1) is 9.61. The van der Waals surface area contributed by atoms with Gasteiger partial charge in [0.15, 0.2) is 5.11 Å². The van der Waals surface area contributed by atoms with Crippen LogP contribution < -0.4 is 5.32 Å². The van der Waals surface area contributed by atoms with Crippen molar-refractivity contribution < 1.29 is 9.53 Å². The Balaban J connectivity index is 3.76. The van der Waals surface area contributed by atoms with Gasteiger partial charge in [-0.2, -0.15) is 0 Å². The quantitative estimate of drug-likeness (QED) is 0.352. The molecule has 0 bridgehead atoms. The predicted octanol–water partition coefficient (Wildman–Crippen LogP) is 2.10. The van der Waals surface area contributed by atoms with Crippen LogP contribution in [-0.2, 0) is 4.74 Å². The predicted molar refractivity (Wildman–Crippen MR) is 90.9 cm³/mol. The molecular weight excluding hydrogens is 288 g/mol. The summed E-state index contributed by atoms with van der Waals surface area (Å²) < 4.78 is 5.28. The van der Waals surface area contributed by atoms with Gasteiger partial charge in [-0.1, -0.05) is 0 Å². The van der Waals surface area contributed by atoms with Crippen LogP contribution in [-0.4, -0.2) is 67.2 Å². The summed E-state index contributed by atoms with van der Waals surface area (Å²) in [5.74, 6) is 0. The summed E-state index contributed by atoms with van der Waals surface area (Å²) in [6.07, 6.45) is 3.15. The molecule has 0 heterocycles. The van der Waals surface area contributed by atoms with Gasteiger partial charge in [0.05, 0.1) is 6.34 Å². The van der Waals surface area contributed by atoms with Gasteiger partial charge in [-0.15, -0.1) is 0 Å². The minimum atomic E-state index is -0.455. The summed E-state index contributed by atoms with van der Waals surface area (Å²) in [5, 5.41) is 3.53. The highest BCUT2D eigenvalue weighted by atomic mass is 32.1. The van der Waals surface area contributed by atoms with Gasteiger partial charge in [-0.25, -0.2) is 9.79 Å². The van der Waals surface area contributed by atoms with E-state index in [0.29, 0.717) is 11.7 Å². The van der Waals surface area contributed by atoms with Crippen molar-refractivity contribution in [2.24, 2.45) is 4.99 Å². The number of hydrogen-bond acceptors (Lipinski definition) is 3. The van der Waals surface area contributed by atoms with Crippen LogP contribution in [0.2, 0.25) is 0 Å². The van der Waals surface area contributed by atoms with Crippen LogP contribution in [0.3, 0.4) is 0 Å². The molecule has 0 aromatic rings. The molecule has 0 atom stereocenters. The standard InChI is InChI=1S/C14H28N4O2S/c1-14(2,3)20-13(19)18(6)10-8-7-9-15-12(21)16-11-17(4)5/h11H,7-10H2,1-6H3,(H,15,21). The topological polar surface area (TPSA) is 57.2 Å². The Labute approximate surface area is 133 Å². The number of aliphatic imine (C=N–C) groups is 1. The Kier molecular flexibility index (Phi) is 8.92. The second kappa shape index (κ2) is 9.55. The van der Waals surface area contributed by atoms with E-state index in [-0.39, 0.29) is 6.09 Å². The fourth-order valence-electron chi connectivity index (χ4n) is 1.31. The van der Waals surface area contributed by atoms with Crippen LogP contribution in [0.1, 0.15) is 33.6 Å². The fraction of sp³-hybridized carbons (Fsp3) is 0.786. The third-order valence-corrected chi connectivity index (χ3v) is 2.56. The second-order valence-electron chi connectivity index (χ2n) is 6.05. The van der Waals surface area contributed by atoms with Crippen LogP contribution in [0.5, 0.6) is 0 Å². The largest absolute Gasteiger partial charge is 0.444 e. The first-order valence-corrected chi connectivity index (χ1v) is 7.45. The zero-order valence-electron chi connectivity index (χ0n) is 14.0. The lowest BCUT2D eigenvalue weighted by Gasteiger charge is -2.24. The summed E-state index contributed by atoms with van der Waals surface area (Å²) in [6, 6.07) is 0. The summed E-state index contributed by atoms with van der Waals surface area (Å²) in [6.45, 7) is 6.98. The first-order valence-electron chi connectivity index (χ1n) is 7.04. The summed E-state index contributed by atoms with van der Waals surface area (Å²) in [4.78, 5) is 19.2. The number of carbonyl (C=O) groups excluding carboxylic acids is 1. The summed E-state index contributed by atoms with van der Waals surface area (Å²) >= 11 is 5.05. The molecule has 0 fully saturated rings. The smallest absolute Gasteiger partial charge is 0.410 e. The van der Waals surface area contributed by atoms with Crippen molar-refractivity contribution in [3.05, 3.63) is 0 Å². The van der Waals surface area contributed by atoms with Gasteiger partial charge in [0.2, 0.25) is 0 Å². The van der Waals surface area contributed by atoms with Gasteiger partial charge in [-0.05, 0) is 45.8 Å². The van der Waals surface area contributed by atoms with Crippen molar-refractivity contribution in [1.29, 1.82) is 0 Å². The van der Waals surface area contributed by atoms with Crippen LogP contribution in [0.15, 0.2) is 4.99 Å². The number of hydrogen-bond donors (Lipinski definition) is 1. The molecule has 21 heavy (non-hydrogen) atoms. The molecule has 0 aromatic heterocycles. The Hall–Kier alpha value is -1.37. The molecule has 0 radical (unpaired) electrons. The number of nitrogens with one attached hydrogen (secondary N) is 1. The van der Waals surface area contributed by atoms with Crippen LogP contribution in [0.4, 0.5) is 4.79 Å². The molecule has 122 valence electrons. The van der Waals surface area contributed by atoms with Crippen molar-refractivity contribution in [1.82, 2.24) is 15.1 Å². The van der Waals surface area contributed by atoms with Crippen molar-refractivity contribution in [3.63, 3.8) is 0 Å². The average molecular weight is 316 g/mol. The number of ether oxygens (including phenoxy) is 1. The van der Waals surface area contributed by atoms with Gasteiger partial charge in [0, 0.05) is 34.2 Å². The lowest BCUT2D eigenvalue weighted by molar-refractivity contribution is 0.0296. The number of thiocarbonyl (C=S) groups is 1. The van der Waals surface area contributed by atoms with Gasteiger partial charge in [0.25, 0.3) is 0 Å². The van der Waals surface area contributed by atoms with Gasteiger partial charge in [0.1, 0.15) is 5.60 Å². The monoisotopic (exact) mass is 316 g/mol. The molecule has 7 heteroatoms. The third kappa shape index (κ3) is 12.1. The molecule has 0 rings (SSSR count). The molecule has 0 aliphatic rings. The van der Waals surface area contributed by atoms with E-state index in [1.807, 2.05) is 39.8 Å². The number of carbonyl (C=O) groups is 1. The molecule has 0 aromatic carbocycles. The maximum absolute atomic E-state index is 11.7. The molecule has 0 aliphatic heterocycles. The van der Waals surface area contributed by atoms with E-state index in [9.17, 15) is 4.79 Å². The van der Waals surface area contributed by atoms with E-state index < -0.39 is 5.60 Å². The highest BCUT2D eigenvalue weighted by Gasteiger charge is 2.18. The minimum absolute atomic E-state index is 0.290. The zero-order chi connectivity index (χ0) is 16.5. The molecule has 0 spiro atoms. The third-order valence-electron chi connectivity index (χ3n) is 2.31. The molecular formula is C14H28N4O2S. The SMILES string of the molecule is CN(C)C=NC(=S)NCCCCN(C)C(=O)OC(C)(C)C. The molecule has 0 aliphatic carbocycles. The van der Waals surface area contributed by atoms with E-state index >= 15 is 0 Å². The Morgan fingerprint density at radius 1 is 1.29 bits per heavy atom. The minimum Gasteiger partial charge on any atom is -0.444 e. The van der Waals surface area contributed by atoms with E-state index in [4.69, 9.17) is 17.0 Å². The van der Waals surface area contributed by atoms with E-state index in [1.54, 1.807) is 18.3 Å². The number of rotatable bonds is 6. The molecule has 0 saturated heterocycles. The number of nitrogens with zero attached hydrogens (tertiary/aromatic N) is 3. The summed E-state index contributed by atoms with van der Waals surface area (Å²) in [7, 11) is 5.52. The lowest BCUT2D eigenvalue weighted by Crippen LogP contribution is -2.35. The maximum Gasteiger partial charge on any atom is 0.410 e. The first kappa shape index (κ1) is 19.6. The van der Waals surface area contributed by atoms with E-state index in [1.165, 1.54) is 0 Å². The van der Waals surface area contributed by atoms with Crippen molar-refractivity contribution in [3.8, 4) is 0 Å². The molecule has 1 N–H and O–H groups in total. The highest BCUT2D eigenvalue weighted by Crippen LogP contribution is 2.09. The summed E-state index contributed by atoms with van der Waals surface area (Å²) in [5.41, 5.74) is -0.455. The molecule has 0 saturated carbocycles.